The smallest absolute Gasteiger partial charge is 0.412 e. The first-order valence-electron chi connectivity index (χ1n) is 6.90. The standard InChI is InChI=1S/C17H13Cl2NO2S/c1-10-12-4-2-3-5-15(12)23-16(10)9-22-17(21)20-14-7-6-11(18)8-13(14)19/h2-8H,9H2,1H3,(H,20,21). The van der Waals surface area contributed by atoms with Crippen LogP contribution in [0.3, 0.4) is 0 Å². The van der Waals surface area contributed by atoms with E-state index in [4.69, 9.17) is 27.9 Å². The largest absolute Gasteiger partial charge is 0.444 e. The molecule has 0 spiro atoms. The zero-order chi connectivity index (χ0) is 16.4. The second-order valence-electron chi connectivity index (χ2n) is 4.97. The molecule has 0 aliphatic rings. The number of thiophene rings is 1. The molecule has 0 saturated carbocycles. The number of rotatable bonds is 3. The molecule has 6 heteroatoms. The van der Waals surface area contributed by atoms with Gasteiger partial charge in [-0.1, -0.05) is 41.4 Å². The molecule has 0 radical (unpaired) electrons. The maximum atomic E-state index is 11.9. The minimum atomic E-state index is -0.550. The van der Waals surface area contributed by atoms with E-state index in [0.29, 0.717) is 15.7 Å². The summed E-state index contributed by atoms with van der Waals surface area (Å²) >= 11 is 13.5. The van der Waals surface area contributed by atoms with Crippen LogP contribution >= 0.6 is 34.5 Å². The van der Waals surface area contributed by atoms with E-state index in [-0.39, 0.29) is 6.61 Å². The zero-order valence-corrected chi connectivity index (χ0v) is 14.6. The molecule has 0 aliphatic carbocycles. The third kappa shape index (κ3) is 3.61. The van der Waals surface area contributed by atoms with Gasteiger partial charge in [0.15, 0.2) is 0 Å². The van der Waals surface area contributed by atoms with Crippen LogP contribution < -0.4 is 5.32 Å². The van der Waals surface area contributed by atoms with Gasteiger partial charge in [0.2, 0.25) is 0 Å². The fourth-order valence-corrected chi connectivity index (χ4v) is 3.81. The van der Waals surface area contributed by atoms with Gasteiger partial charge in [-0.2, -0.15) is 0 Å². The highest BCUT2D eigenvalue weighted by molar-refractivity contribution is 7.19. The average Bonchev–Trinajstić information content (AvgIpc) is 2.85. The van der Waals surface area contributed by atoms with Crippen LogP contribution in [0.1, 0.15) is 10.4 Å². The van der Waals surface area contributed by atoms with Crippen molar-refractivity contribution in [2.75, 3.05) is 5.32 Å². The van der Waals surface area contributed by atoms with Crippen LogP contribution in [0, 0.1) is 6.92 Å². The number of benzene rings is 2. The lowest BCUT2D eigenvalue weighted by molar-refractivity contribution is 0.156. The maximum absolute atomic E-state index is 11.9. The molecular formula is C17H13Cl2NO2S. The van der Waals surface area contributed by atoms with Crippen LogP contribution in [-0.4, -0.2) is 6.09 Å². The van der Waals surface area contributed by atoms with Crippen molar-refractivity contribution in [2.45, 2.75) is 13.5 Å². The van der Waals surface area contributed by atoms with Gasteiger partial charge in [-0.15, -0.1) is 11.3 Å². The van der Waals surface area contributed by atoms with Crippen LogP contribution in [0.25, 0.3) is 10.1 Å². The lowest BCUT2D eigenvalue weighted by Gasteiger charge is -2.08. The molecule has 0 saturated heterocycles. The van der Waals surface area contributed by atoms with Gasteiger partial charge < -0.3 is 4.74 Å². The average molecular weight is 366 g/mol. The predicted molar refractivity (Wildman–Crippen MR) is 96.8 cm³/mol. The Labute approximate surface area is 147 Å². The summed E-state index contributed by atoms with van der Waals surface area (Å²) in [7, 11) is 0. The van der Waals surface area contributed by atoms with E-state index in [1.165, 1.54) is 10.1 Å². The van der Waals surface area contributed by atoms with E-state index in [2.05, 4.69) is 17.4 Å². The van der Waals surface area contributed by atoms with Gasteiger partial charge >= 0.3 is 6.09 Å². The molecule has 0 atom stereocenters. The second kappa shape index (κ2) is 6.79. The summed E-state index contributed by atoms with van der Waals surface area (Å²) in [5.74, 6) is 0. The number of aryl methyl sites for hydroxylation is 1. The monoisotopic (exact) mass is 365 g/mol. The highest BCUT2D eigenvalue weighted by atomic mass is 35.5. The van der Waals surface area contributed by atoms with Crippen LogP contribution in [0.4, 0.5) is 10.5 Å². The van der Waals surface area contributed by atoms with Crippen LogP contribution in [0.2, 0.25) is 10.0 Å². The number of fused-ring (bicyclic) bond motifs is 1. The molecule has 1 heterocycles. The number of hydrogen-bond acceptors (Lipinski definition) is 3. The van der Waals surface area contributed by atoms with Gasteiger partial charge in [-0.25, -0.2) is 4.79 Å². The van der Waals surface area contributed by atoms with E-state index in [1.54, 1.807) is 29.5 Å². The van der Waals surface area contributed by atoms with Crippen LogP contribution in [0.5, 0.6) is 0 Å². The third-order valence-electron chi connectivity index (χ3n) is 3.44. The molecular weight excluding hydrogens is 353 g/mol. The topological polar surface area (TPSA) is 38.3 Å². The first-order chi connectivity index (χ1) is 11.0. The second-order valence-corrected chi connectivity index (χ2v) is 6.95. The Morgan fingerprint density at radius 2 is 2.00 bits per heavy atom. The highest BCUT2D eigenvalue weighted by Gasteiger charge is 2.11. The van der Waals surface area contributed by atoms with Crippen molar-refractivity contribution in [3.63, 3.8) is 0 Å². The van der Waals surface area contributed by atoms with E-state index in [9.17, 15) is 4.79 Å². The van der Waals surface area contributed by atoms with E-state index in [1.807, 2.05) is 19.1 Å². The Morgan fingerprint density at radius 3 is 2.74 bits per heavy atom. The number of ether oxygens (including phenoxy) is 1. The number of hydrogen-bond donors (Lipinski definition) is 1. The highest BCUT2D eigenvalue weighted by Crippen LogP contribution is 2.31. The van der Waals surface area contributed by atoms with Gasteiger partial charge in [-0.05, 0) is 42.1 Å². The fraction of sp³-hybridized carbons (Fsp3) is 0.118. The van der Waals surface area contributed by atoms with Crippen molar-refractivity contribution in [1.82, 2.24) is 0 Å². The van der Waals surface area contributed by atoms with Crippen molar-refractivity contribution < 1.29 is 9.53 Å². The van der Waals surface area contributed by atoms with Crippen LogP contribution in [0.15, 0.2) is 42.5 Å². The van der Waals surface area contributed by atoms with Gasteiger partial charge in [0.25, 0.3) is 0 Å². The number of halogens is 2. The van der Waals surface area contributed by atoms with Gasteiger partial charge in [0.1, 0.15) is 6.61 Å². The summed E-state index contributed by atoms with van der Waals surface area (Å²) in [6.45, 7) is 2.26. The lowest BCUT2D eigenvalue weighted by Crippen LogP contribution is -2.13. The minimum Gasteiger partial charge on any atom is -0.444 e. The molecule has 1 N–H and O–H groups in total. The van der Waals surface area contributed by atoms with Crippen molar-refractivity contribution >= 4 is 56.4 Å². The Hall–Kier alpha value is -1.75. The molecule has 1 aromatic heterocycles. The van der Waals surface area contributed by atoms with E-state index >= 15 is 0 Å². The molecule has 0 bridgehead atoms. The molecule has 2 aromatic carbocycles. The summed E-state index contributed by atoms with van der Waals surface area (Å²) in [5.41, 5.74) is 1.61. The molecule has 0 aliphatic heterocycles. The minimum absolute atomic E-state index is 0.224. The summed E-state index contributed by atoms with van der Waals surface area (Å²) in [6.07, 6.45) is -0.550. The Kier molecular flexibility index (Phi) is 4.76. The summed E-state index contributed by atoms with van der Waals surface area (Å²) < 4.78 is 6.48. The van der Waals surface area contributed by atoms with Gasteiger partial charge in [0, 0.05) is 14.6 Å². The van der Waals surface area contributed by atoms with Crippen molar-refractivity contribution in [3.05, 3.63) is 63.0 Å². The normalized spacial score (nSPS) is 10.7. The SMILES string of the molecule is Cc1c(COC(=O)Nc2ccc(Cl)cc2Cl)sc2ccccc12. The van der Waals surface area contributed by atoms with Gasteiger partial charge in [0.05, 0.1) is 10.7 Å². The number of anilines is 1. The molecule has 23 heavy (non-hydrogen) atoms. The van der Waals surface area contributed by atoms with Crippen LogP contribution in [-0.2, 0) is 11.3 Å². The van der Waals surface area contributed by atoms with Gasteiger partial charge in [-0.3, -0.25) is 5.32 Å². The molecule has 3 rings (SSSR count). The predicted octanol–water partition coefficient (Wildman–Crippen LogP) is 6.27. The fourth-order valence-electron chi connectivity index (χ4n) is 2.23. The first kappa shape index (κ1) is 16.1. The summed E-state index contributed by atoms with van der Waals surface area (Å²) in [4.78, 5) is 13.0. The molecule has 0 unspecified atom stereocenters. The lowest BCUT2D eigenvalue weighted by atomic mass is 10.1. The summed E-state index contributed by atoms with van der Waals surface area (Å²) in [6, 6.07) is 13.0. The molecule has 3 nitrogen and oxygen atoms in total. The van der Waals surface area contributed by atoms with Crippen molar-refractivity contribution in [2.24, 2.45) is 0 Å². The zero-order valence-electron chi connectivity index (χ0n) is 12.2. The first-order valence-corrected chi connectivity index (χ1v) is 8.47. The van der Waals surface area contributed by atoms with Crippen molar-refractivity contribution in [3.8, 4) is 0 Å². The molecule has 3 aromatic rings. The Balaban J connectivity index is 1.67. The number of amides is 1. The number of carbonyl (C=O) groups excluding carboxylic acids is 1. The van der Waals surface area contributed by atoms with E-state index in [0.717, 1.165) is 10.4 Å². The quantitative estimate of drug-likeness (QED) is 0.594. The molecule has 118 valence electrons. The Bertz CT molecular complexity index is 876. The summed E-state index contributed by atoms with van der Waals surface area (Å²) in [5, 5.41) is 4.68. The van der Waals surface area contributed by atoms with E-state index < -0.39 is 6.09 Å². The molecule has 1 amide bonds. The Morgan fingerprint density at radius 1 is 1.22 bits per heavy atom. The van der Waals surface area contributed by atoms with Crippen molar-refractivity contribution in [1.29, 1.82) is 0 Å². The molecule has 0 fully saturated rings. The number of nitrogens with one attached hydrogen (secondary N) is 1. The number of carbonyl (C=O) groups is 1. The maximum Gasteiger partial charge on any atom is 0.412 e. The third-order valence-corrected chi connectivity index (χ3v) is 5.24.